The van der Waals surface area contributed by atoms with Crippen molar-refractivity contribution in [1.82, 2.24) is 10.2 Å². The van der Waals surface area contributed by atoms with Crippen LogP contribution >= 0.6 is 0 Å². The van der Waals surface area contributed by atoms with Crippen LogP contribution in [-0.2, 0) is 4.79 Å². The molecule has 5 nitrogen and oxygen atoms in total. The molecule has 2 amide bonds. The molecule has 0 radical (unpaired) electrons. The number of nitrogens with zero attached hydrogens (tertiary/aromatic N) is 1. The van der Waals surface area contributed by atoms with E-state index in [1.807, 2.05) is 42.2 Å². The van der Waals surface area contributed by atoms with Crippen LogP contribution in [0.25, 0.3) is 0 Å². The predicted octanol–water partition coefficient (Wildman–Crippen LogP) is 2.35. The monoisotopic (exact) mass is 344 g/mol. The van der Waals surface area contributed by atoms with Crippen molar-refractivity contribution >= 4 is 11.8 Å². The van der Waals surface area contributed by atoms with Crippen molar-refractivity contribution in [1.29, 1.82) is 0 Å². The van der Waals surface area contributed by atoms with Crippen LogP contribution in [-0.4, -0.2) is 46.6 Å². The molecule has 2 aliphatic rings. The van der Waals surface area contributed by atoms with E-state index in [-0.39, 0.29) is 30.5 Å². The van der Waals surface area contributed by atoms with Gasteiger partial charge in [0, 0.05) is 24.3 Å². The first-order chi connectivity index (χ1) is 12.1. The number of benzene rings is 1. The molecular weight excluding hydrogens is 316 g/mol. The van der Waals surface area contributed by atoms with Gasteiger partial charge in [-0.2, -0.15) is 0 Å². The number of hydrogen-bond donors (Lipinski definition) is 2. The van der Waals surface area contributed by atoms with Gasteiger partial charge in [0.2, 0.25) is 5.91 Å². The Balaban J connectivity index is 1.82. The molecule has 2 N–H and O–H groups in total. The topological polar surface area (TPSA) is 69.6 Å². The van der Waals surface area contributed by atoms with Gasteiger partial charge < -0.3 is 15.3 Å². The van der Waals surface area contributed by atoms with Crippen molar-refractivity contribution in [2.75, 3.05) is 6.61 Å². The molecule has 136 valence electrons. The first kappa shape index (κ1) is 17.9. The van der Waals surface area contributed by atoms with Gasteiger partial charge in [0.25, 0.3) is 5.91 Å². The van der Waals surface area contributed by atoms with Crippen LogP contribution in [0.3, 0.4) is 0 Å². The summed E-state index contributed by atoms with van der Waals surface area (Å²) in [6.07, 6.45) is 5.66. The van der Waals surface area contributed by atoms with Crippen molar-refractivity contribution in [3.8, 4) is 0 Å². The molecule has 1 heterocycles. The molecule has 1 aromatic rings. The van der Waals surface area contributed by atoms with E-state index < -0.39 is 6.04 Å². The summed E-state index contributed by atoms with van der Waals surface area (Å²) in [5.74, 6) is 0.301. The fourth-order valence-electron chi connectivity index (χ4n) is 4.32. The fourth-order valence-corrected chi connectivity index (χ4v) is 4.32. The minimum Gasteiger partial charge on any atom is -0.396 e. The molecule has 1 aliphatic carbocycles. The number of carbonyl (C=O) groups is 2. The molecule has 0 aromatic heterocycles. The van der Waals surface area contributed by atoms with E-state index in [4.69, 9.17) is 5.11 Å². The zero-order valence-corrected chi connectivity index (χ0v) is 14.9. The van der Waals surface area contributed by atoms with Crippen LogP contribution in [0.5, 0.6) is 0 Å². The largest absolute Gasteiger partial charge is 0.396 e. The van der Waals surface area contributed by atoms with Gasteiger partial charge in [-0.15, -0.1) is 0 Å². The summed E-state index contributed by atoms with van der Waals surface area (Å²) in [6.45, 7) is 1.93. The summed E-state index contributed by atoms with van der Waals surface area (Å²) >= 11 is 0. The number of likely N-dealkylation sites (tertiary alicyclic amines) is 1. The van der Waals surface area contributed by atoms with Crippen LogP contribution in [0.4, 0.5) is 0 Å². The van der Waals surface area contributed by atoms with Gasteiger partial charge in [-0.05, 0) is 50.7 Å². The summed E-state index contributed by atoms with van der Waals surface area (Å²) in [5, 5.41) is 12.0. The first-order valence-electron chi connectivity index (χ1n) is 9.40. The lowest BCUT2D eigenvalue weighted by atomic mass is 9.84. The Bertz CT molecular complexity index is 604. The SMILES string of the molecule is CC(CCO)NC(=O)C1CC2CCCCC2N1C(=O)c1ccccc1. The standard InChI is InChI=1S/C20H28N2O3/c1-14(11-12-23)21-19(24)18-13-16-9-5-6-10-17(16)22(18)20(25)15-7-3-2-4-8-15/h2-4,7-8,14,16-18,23H,5-6,9-13H2,1H3,(H,21,24). The van der Waals surface area contributed by atoms with E-state index in [1.54, 1.807) is 0 Å². The molecule has 1 saturated carbocycles. The molecule has 1 aromatic carbocycles. The Morgan fingerprint density at radius 2 is 1.96 bits per heavy atom. The maximum atomic E-state index is 13.1. The van der Waals surface area contributed by atoms with Crippen molar-refractivity contribution in [3.63, 3.8) is 0 Å². The average Bonchev–Trinajstić information content (AvgIpc) is 3.01. The second-order valence-electron chi connectivity index (χ2n) is 7.36. The maximum absolute atomic E-state index is 13.1. The lowest BCUT2D eigenvalue weighted by Crippen LogP contribution is -2.51. The van der Waals surface area contributed by atoms with Crippen LogP contribution in [0.1, 0.15) is 55.8 Å². The third kappa shape index (κ3) is 3.87. The number of carbonyl (C=O) groups excluding carboxylic acids is 2. The van der Waals surface area contributed by atoms with Crippen LogP contribution in [0.2, 0.25) is 0 Å². The Morgan fingerprint density at radius 1 is 1.24 bits per heavy atom. The van der Waals surface area contributed by atoms with E-state index >= 15 is 0 Å². The molecule has 4 unspecified atom stereocenters. The lowest BCUT2D eigenvalue weighted by molar-refractivity contribution is -0.125. The van der Waals surface area contributed by atoms with E-state index in [2.05, 4.69) is 5.32 Å². The van der Waals surface area contributed by atoms with Crippen LogP contribution in [0.15, 0.2) is 30.3 Å². The van der Waals surface area contributed by atoms with Crippen molar-refractivity contribution < 1.29 is 14.7 Å². The number of hydrogen-bond acceptors (Lipinski definition) is 3. The number of rotatable bonds is 5. The van der Waals surface area contributed by atoms with Crippen molar-refractivity contribution in [2.24, 2.45) is 5.92 Å². The summed E-state index contributed by atoms with van der Waals surface area (Å²) in [5.41, 5.74) is 0.648. The predicted molar refractivity (Wildman–Crippen MR) is 96.1 cm³/mol. The van der Waals surface area contributed by atoms with Gasteiger partial charge in [-0.1, -0.05) is 31.0 Å². The molecule has 0 bridgehead atoms. The van der Waals surface area contributed by atoms with Crippen molar-refractivity contribution in [2.45, 2.75) is 63.6 Å². The van der Waals surface area contributed by atoms with Gasteiger partial charge in [0.15, 0.2) is 0 Å². The normalized spacial score (nSPS) is 26.8. The van der Waals surface area contributed by atoms with Gasteiger partial charge >= 0.3 is 0 Å². The molecule has 3 rings (SSSR count). The Hall–Kier alpha value is -1.88. The first-order valence-corrected chi connectivity index (χ1v) is 9.40. The molecule has 25 heavy (non-hydrogen) atoms. The highest BCUT2D eigenvalue weighted by atomic mass is 16.3. The molecular formula is C20H28N2O3. The number of aliphatic hydroxyl groups excluding tert-OH is 1. The Labute approximate surface area is 149 Å². The van der Waals surface area contributed by atoms with E-state index in [0.29, 0.717) is 17.9 Å². The molecule has 1 aliphatic heterocycles. The number of fused-ring (bicyclic) bond motifs is 1. The number of nitrogens with one attached hydrogen (secondary N) is 1. The third-order valence-electron chi connectivity index (χ3n) is 5.60. The van der Waals surface area contributed by atoms with Gasteiger partial charge in [0.1, 0.15) is 6.04 Å². The van der Waals surface area contributed by atoms with Crippen LogP contribution in [0, 0.1) is 5.92 Å². The third-order valence-corrected chi connectivity index (χ3v) is 5.60. The molecule has 1 saturated heterocycles. The summed E-state index contributed by atoms with van der Waals surface area (Å²) in [6, 6.07) is 8.94. The molecule has 0 spiro atoms. The van der Waals surface area contributed by atoms with E-state index in [1.165, 1.54) is 6.42 Å². The zero-order chi connectivity index (χ0) is 17.8. The maximum Gasteiger partial charge on any atom is 0.254 e. The minimum atomic E-state index is -0.401. The van der Waals surface area contributed by atoms with Crippen molar-refractivity contribution in [3.05, 3.63) is 35.9 Å². The smallest absolute Gasteiger partial charge is 0.254 e. The molecule has 4 atom stereocenters. The summed E-state index contributed by atoms with van der Waals surface area (Å²) in [7, 11) is 0. The highest BCUT2D eigenvalue weighted by molar-refractivity contribution is 5.98. The second-order valence-corrected chi connectivity index (χ2v) is 7.36. The lowest BCUT2D eigenvalue weighted by Gasteiger charge is -2.34. The highest BCUT2D eigenvalue weighted by Gasteiger charge is 2.47. The number of aliphatic hydroxyl groups is 1. The van der Waals surface area contributed by atoms with Gasteiger partial charge in [-0.25, -0.2) is 0 Å². The van der Waals surface area contributed by atoms with Gasteiger partial charge in [0.05, 0.1) is 0 Å². The number of amides is 2. The Morgan fingerprint density at radius 3 is 2.68 bits per heavy atom. The molecule has 2 fully saturated rings. The van der Waals surface area contributed by atoms with E-state index in [0.717, 1.165) is 25.7 Å². The minimum absolute atomic E-state index is 0.0371. The zero-order valence-electron chi connectivity index (χ0n) is 14.9. The van der Waals surface area contributed by atoms with E-state index in [9.17, 15) is 9.59 Å². The quantitative estimate of drug-likeness (QED) is 0.861. The molecule has 5 heteroatoms. The fraction of sp³-hybridized carbons (Fsp3) is 0.600. The van der Waals surface area contributed by atoms with Crippen LogP contribution < -0.4 is 5.32 Å². The Kier molecular flexibility index (Phi) is 5.74. The second kappa shape index (κ2) is 8.00. The summed E-state index contributed by atoms with van der Waals surface area (Å²) < 4.78 is 0. The highest BCUT2D eigenvalue weighted by Crippen LogP contribution is 2.40. The van der Waals surface area contributed by atoms with Gasteiger partial charge in [-0.3, -0.25) is 9.59 Å². The summed E-state index contributed by atoms with van der Waals surface area (Å²) in [4.78, 5) is 27.8. The average molecular weight is 344 g/mol.